The second-order valence-corrected chi connectivity index (χ2v) is 3.04. The molecule has 0 aliphatic rings. The summed E-state index contributed by atoms with van der Waals surface area (Å²) < 4.78 is 0. The number of hydrogen-bond acceptors (Lipinski definition) is 3. The van der Waals surface area contributed by atoms with Gasteiger partial charge < -0.3 is 5.32 Å². The second kappa shape index (κ2) is 5.14. The molecule has 1 aromatic rings. The van der Waals surface area contributed by atoms with E-state index in [9.17, 15) is 9.59 Å². The Labute approximate surface area is 87.1 Å². The standard InChI is InChI=1S/C9H14N4O2/c1-3-4-6-5-7(14)12-8(11-6)13-9(15)10-2/h5H,3-4H2,1-2H3,(H3,10,11,12,13,14,15). The first-order valence-electron chi connectivity index (χ1n) is 4.74. The number of rotatable bonds is 3. The lowest BCUT2D eigenvalue weighted by Crippen LogP contribution is -2.27. The first-order valence-corrected chi connectivity index (χ1v) is 4.74. The molecule has 1 aromatic heterocycles. The fourth-order valence-corrected chi connectivity index (χ4v) is 1.12. The molecule has 6 heteroatoms. The predicted molar refractivity (Wildman–Crippen MR) is 56.9 cm³/mol. The van der Waals surface area contributed by atoms with Gasteiger partial charge >= 0.3 is 6.03 Å². The first-order chi connectivity index (χ1) is 7.15. The van der Waals surface area contributed by atoms with Crippen molar-refractivity contribution >= 4 is 12.0 Å². The summed E-state index contributed by atoms with van der Waals surface area (Å²) in [6.45, 7) is 1.99. The monoisotopic (exact) mass is 210 g/mol. The van der Waals surface area contributed by atoms with Gasteiger partial charge in [0.05, 0.1) is 0 Å². The molecule has 0 radical (unpaired) electrons. The van der Waals surface area contributed by atoms with Crippen LogP contribution in [-0.2, 0) is 6.42 Å². The molecule has 0 saturated carbocycles. The molecule has 0 fully saturated rings. The third kappa shape index (κ3) is 3.41. The van der Waals surface area contributed by atoms with Gasteiger partial charge in [-0.05, 0) is 6.42 Å². The van der Waals surface area contributed by atoms with Gasteiger partial charge in [0.25, 0.3) is 5.56 Å². The first kappa shape index (κ1) is 11.2. The lowest BCUT2D eigenvalue weighted by molar-refractivity contribution is 0.254. The molecule has 0 bridgehead atoms. The molecule has 0 unspecified atom stereocenters. The smallest absolute Gasteiger partial charge is 0.321 e. The zero-order valence-electron chi connectivity index (χ0n) is 8.76. The van der Waals surface area contributed by atoms with Crippen molar-refractivity contribution < 1.29 is 4.79 Å². The van der Waals surface area contributed by atoms with Gasteiger partial charge in [-0.15, -0.1) is 0 Å². The van der Waals surface area contributed by atoms with Gasteiger partial charge in [0.15, 0.2) is 0 Å². The Morgan fingerprint density at radius 3 is 2.93 bits per heavy atom. The van der Waals surface area contributed by atoms with E-state index in [-0.39, 0.29) is 11.5 Å². The maximum Gasteiger partial charge on any atom is 0.321 e. The van der Waals surface area contributed by atoms with Crippen molar-refractivity contribution in [1.82, 2.24) is 15.3 Å². The number of aromatic nitrogens is 2. The molecule has 3 N–H and O–H groups in total. The van der Waals surface area contributed by atoms with Crippen LogP contribution in [-0.4, -0.2) is 23.0 Å². The number of nitrogens with zero attached hydrogens (tertiary/aromatic N) is 1. The van der Waals surface area contributed by atoms with E-state index >= 15 is 0 Å². The van der Waals surface area contributed by atoms with E-state index in [4.69, 9.17) is 0 Å². The molecule has 6 nitrogen and oxygen atoms in total. The van der Waals surface area contributed by atoms with E-state index in [0.29, 0.717) is 12.1 Å². The van der Waals surface area contributed by atoms with Crippen molar-refractivity contribution in [2.75, 3.05) is 12.4 Å². The highest BCUT2D eigenvalue weighted by Gasteiger charge is 2.03. The van der Waals surface area contributed by atoms with E-state index in [2.05, 4.69) is 20.6 Å². The molecule has 0 atom stereocenters. The Morgan fingerprint density at radius 1 is 1.60 bits per heavy atom. The number of carbonyl (C=O) groups is 1. The van der Waals surface area contributed by atoms with Gasteiger partial charge in [-0.3, -0.25) is 15.1 Å². The van der Waals surface area contributed by atoms with Crippen LogP contribution in [0.2, 0.25) is 0 Å². The highest BCUT2D eigenvalue weighted by Crippen LogP contribution is 1.99. The maximum atomic E-state index is 11.2. The minimum absolute atomic E-state index is 0.172. The minimum Gasteiger partial charge on any atom is -0.341 e. The Morgan fingerprint density at radius 2 is 2.33 bits per heavy atom. The van der Waals surface area contributed by atoms with Crippen molar-refractivity contribution in [1.29, 1.82) is 0 Å². The van der Waals surface area contributed by atoms with Crippen LogP contribution in [0.1, 0.15) is 19.0 Å². The molecule has 0 aliphatic carbocycles. The third-order valence-electron chi connectivity index (χ3n) is 1.76. The summed E-state index contributed by atoms with van der Waals surface area (Å²) in [5.74, 6) is 0.172. The number of H-pyrrole nitrogens is 1. The second-order valence-electron chi connectivity index (χ2n) is 3.04. The predicted octanol–water partition coefficient (Wildman–Crippen LogP) is 0.474. The van der Waals surface area contributed by atoms with Crippen molar-refractivity contribution in [3.63, 3.8) is 0 Å². The summed E-state index contributed by atoms with van der Waals surface area (Å²) in [6, 6.07) is 1.02. The van der Waals surface area contributed by atoms with Crippen molar-refractivity contribution in [2.24, 2.45) is 0 Å². The normalized spacial score (nSPS) is 9.73. The molecule has 0 aromatic carbocycles. The Balaban J connectivity index is 2.88. The highest BCUT2D eigenvalue weighted by atomic mass is 16.2. The van der Waals surface area contributed by atoms with Crippen LogP contribution in [0.15, 0.2) is 10.9 Å². The van der Waals surface area contributed by atoms with Crippen LogP contribution in [0.5, 0.6) is 0 Å². The maximum absolute atomic E-state index is 11.2. The molecule has 0 aliphatic heterocycles. The molecular weight excluding hydrogens is 196 g/mol. The van der Waals surface area contributed by atoms with Gasteiger partial charge in [-0.25, -0.2) is 9.78 Å². The van der Waals surface area contributed by atoms with Crippen molar-refractivity contribution in [3.8, 4) is 0 Å². The van der Waals surface area contributed by atoms with Crippen LogP contribution in [0.25, 0.3) is 0 Å². The fourth-order valence-electron chi connectivity index (χ4n) is 1.12. The Hall–Kier alpha value is -1.85. The quantitative estimate of drug-likeness (QED) is 0.677. The van der Waals surface area contributed by atoms with E-state index in [1.807, 2.05) is 6.92 Å². The summed E-state index contributed by atoms with van der Waals surface area (Å²) in [5.41, 5.74) is 0.410. The van der Waals surface area contributed by atoms with E-state index in [0.717, 1.165) is 6.42 Å². The average Bonchev–Trinajstić information content (AvgIpc) is 2.17. The molecule has 0 spiro atoms. The van der Waals surface area contributed by atoms with Crippen molar-refractivity contribution in [2.45, 2.75) is 19.8 Å². The summed E-state index contributed by atoms with van der Waals surface area (Å²) in [7, 11) is 1.49. The molecular formula is C9H14N4O2. The number of anilines is 1. The van der Waals surface area contributed by atoms with E-state index < -0.39 is 6.03 Å². The largest absolute Gasteiger partial charge is 0.341 e. The molecule has 1 heterocycles. The topological polar surface area (TPSA) is 86.9 Å². The summed E-state index contributed by atoms with van der Waals surface area (Å²) in [5, 5.41) is 4.79. The number of carbonyl (C=O) groups excluding carboxylic acids is 1. The fraction of sp³-hybridized carbons (Fsp3) is 0.444. The highest BCUT2D eigenvalue weighted by molar-refractivity contribution is 5.86. The summed E-state index contributed by atoms with van der Waals surface area (Å²) in [6.07, 6.45) is 1.61. The Bertz CT molecular complexity index is 399. The van der Waals surface area contributed by atoms with Gasteiger partial charge in [-0.1, -0.05) is 13.3 Å². The van der Waals surface area contributed by atoms with Crippen LogP contribution >= 0.6 is 0 Å². The molecule has 2 amide bonds. The van der Waals surface area contributed by atoms with Gasteiger partial charge in [0.1, 0.15) is 0 Å². The van der Waals surface area contributed by atoms with Crippen molar-refractivity contribution in [3.05, 3.63) is 22.1 Å². The van der Waals surface area contributed by atoms with E-state index in [1.165, 1.54) is 13.1 Å². The number of hydrogen-bond donors (Lipinski definition) is 3. The van der Waals surface area contributed by atoms with Crippen LogP contribution < -0.4 is 16.2 Å². The number of nitrogens with one attached hydrogen (secondary N) is 3. The lowest BCUT2D eigenvalue weighted by Gasteiger charge is -2.04. The SMILES string of the molecule is CCCc1cc(=O)[nH]c(NC(=O)NC)n1. The zero-order valence-corrected chi connectivity index (χ0v) is 8.76. The molecule has 1 rings (SSSR count). The molecule has 82 valence electrons. The number of aromatic amines is 1. The van der Waals surface area contributed by atoms with Gasteiger partial charge in [-0.2, -0.15) is 0 Å². The summed E-state index contributed by atoms with van der Waals surface area (Å²) >= 11 is 0. The Kier molecular flexibility index (Phi) is 3.84. The van der Waals surface area contributed by atoms with Gasteiger partial charge in [0, 0.05) is 18.8 Å². The van der Waals surface area contributed by atoms with E-state index in [1.54, 1.807) is 0 Å². The number of aryl methyl sites for hydroxylation is 1. The molecule has 15 heavy (non-hydrogen) atoms. The zero-order chi connectivity index (χ0) is 11.3. The van der Waals surface area contributed by atoms with Crippen LogP contribution in [0, 0.1) is 0 Å². The third-order valence-corrected chi connectivity index (χ3v) is 1.76. The van der Waals surface area contributed by atoms with Crippen LogP contribution in [0.3, 0.4) is 0 Å². The summed E-state index contributed by atoms with van der Waals surface area (Å²) in [4.78, 5) is 28.7. The lowest BCUT2D eigenvalue weighted by atomic mass is 10.2. The van der Waals surface area contributed by atoms with Crippen LogP contribution in [0.4, 0.5) is 10.7 Å². The number of urea groups is 1. The average molecular weight is 210 g/mol. The minimum atomic E-state index is -0.410. The number of amides is 2. The van der Waals surface area contributed by atoms with Gasteiger partial charge in [0.2, 0.25) is 5.95 Å². The molecule has 0 saturated heterocycles.